The Labute approximate surface area is 188 Å². The minimum Gasteiger partial charge on any atom is -0.394 e. The monoisotopic (exact) mass is 490 g/mol. The second-order valence-corrected chi connectivity index (χ2v) is 8.17. The van der Waals surface area contributed by atoms with Crippen molar-refractivity contribution in [2.45, 2.75) is 79.5 Å². The van der Waals surface area contributed by atoms with E-state index in [1.807, 2.05) is 0 Å². The molecule has 12 N–H and O–H groups in total. The molecule has 0 radical (unpaired) electrons. The molecule has 196 valence electrons. The SMILES string of the molecule is OC[C@@H](O)[C@@H](C1O[C@H](CO)C(O[C@H]2O[C@H](CO)[C@@H](O)[C@H](O)[C@H]2O)[C@H](O)[C@H]1O)[C@H](O)[C@@H](O)CO. The van der Waals surface area contributed by atoms with E-state index in [0.29, 0.717) is 0 Å². The highest BCUT2D eigenvalue weighted by atomic mass is 16.7. The quantitative estimate of drug-likeness (QED) is 0.135. The zero-order chi connectivity index (χ0) is 25.0. The van der Waals surface area contributed by atoms with E-state index in [0.717, 1.165) is 0 Å². The number of ether oxygens (including phenoxy) is 3. The highest BCUT2D eigenvalue weighted by Gasteiger charge is 2.53. The molecule has 0 aromatic rings. The van der Waals surface area contributed by atoms with Crippen molar-refractivity contribution in [3.8, 4) is 0 Å². The predicted octanol–water partition coefficient (Wildman–Crippen LogP) is -7.66. The van der Waals surface area contributed by atoms with Crippen LogP contribution in [0, 0.1) is 5.92 Å². The van der Waals surface area contributed by atoms with Crippen molar-refractivity contribution in [1.29, 1.82) is 0 Å². The van der Waals surface area contributed by atoms with E-state index in [1.54, 1.807) is 0 Å². The van der Waals surface area contributed by atoms with Crippen LogP contribution in [-0.4, -0.2) is 167 Å². The summed E-state index contributed by atoms with van der Waals surface area (Å²) >= 11 is 0. The Bertz CT molecular complexity index is 579. The van der Waals surface area contributed by atoms with Gasteiger partial charge >= 0.3 is 0 Å². The maximum absolute atomic E-state index is 10.6. The Balaban J connectivity index is 2.25. The second kappa shape index (κ2) is 12.4. The molecule has 0 spiro atoms. The zero-order valence-corrected chi connectivity index (χ0v) is 17.5. The molecule has 2 saturated heterocycles. The van der Waals surface area contributed by atoms with E-state index in [-0.39, 0.29) is 0 Å². The summed E-state index contributed by atoms with van der Waals surface area (Å²) in [7, 11) is 0. The summed E-state index contributed by atoms with van der Waals surface area (Å²) < 4.78 is 16.1. The molecular formula is C18H34O15. The van der Waals surface area contributed by atoms with Crippen molar-refractivity contribution in [1.82, 2.24) is 0 Å². The largest absolute Gasteiger partial charge is 0.394 e. The molecule has 2 heterocycles. The van der Waals surface area contributed by atoms with Gasteiger partial charge in [0.15, 0.2) is 6.29 Å². The standard InChI is InChI=1S/C18H34O15/c19-1-5(23)9(10(25)6(24)2-20)17-14(29)13(28)16(8(4-22)31-17)33-18-15(30)12(27)11(26)7(3-21)32-18/h5-30H,1-4H2/t5-,6+,7-,8-,9-,10-,11-,12+,13-,14-,15-,16?,17?,18-/m1/s1. The van der Waals surface area contributed by atoms with Crippen LogP contribution in [0.4, 0.5) is 0 Å². The maximum Gasteiger partial charge on any atom is 0.187 e. The molecular weight excluding hydrogens is 456 g/mol. The molecule has 0 aliphatic carbocycles. The molecule has 2 rings (SSSR count). The first-order chi connectivity index (χ1) is 15.5. The Morgan fingerprint density at radius 2 is 1.21 bits per heavy atom. The average Bonchev–Trinajstić information content (AvgIpc) is 2.82. The highest BCUT2D eigenvalue weighted by Crippen LogP contribution is 2.34. The summed E-state index contributed by atoms with van der Waals surface area (Å²) in [5.74, 6) is -1.64. The molecule has 0 amide bonds. The Hall–Kier alpha value is -0.600. The smallest absolute Gasteiger partial charge is 0.187 e. The summed E-state index contributed by atoms with van der Waals surface area (Å²) in [5.41, 5.74) is 0. The van der Waals surface area contributed by atoms with Gasteiger partial charge in [0.25, 0.3) is 0 Å². The molecule has 2 aliphatic heterocycles. The average molecular weight is 490 g/mol. The fraction of sp³-hybridized carbons (Fsp3) is 1.00. The van der Waals surface area contributed by atoms with Gasteiger partial charge in [0.1, 0.15) is 54.9 Å². The van der Waals surface area contributed by atoms with E-state index in [1.165, 1.54) is 0 Å². The van der Waals surface area contributed by atoms with E-state index >= 15 is 0 Å². The fourth-order valence-electron chi connectivity index (χ4n) is 4.06. The first kappa shape index (κ1) is 28.6. The van der Waals surface area contributed by atoms with Crippen molar-refractivity contribution >= 4 is 0 Å². The predicted molar refractivity (Wildman–Crippen MR) is 102 cm³/mol. The molecule has 0 aromatic carbocycles. The first-order valence-electron chi connectivity index (χ1n) is 10.4. The maximum atomic E-state index is 10.6. The third-order valence-electron chi connectivity index (χ3n) is 6.03. The van der Waals surface area contributed by atoms with Crippen LogP contribution >= 0.6 is 0 Å². The van der Waals surface area contributed by atoms with E-state index < -0.39 is 112 Å². The molecule has 15 nitrogen and oxygen atoms in total. The van der Waals surface area contributed by atoms with Gasteiger partial charge in [-0.05, 0) is 0 Å². The summed E-state index contributed by atoms with van der Waals surface area (Å²) in [6, 6.07) is 0. The Kier molecular flexibility index (Phi) is 10.7. The first-order valence-corrected chi connectivity index (χ1v) is 10.4. The normalized spacial score (nSPS) is 43.6. The highest BCUT2D eigenvalue weighted by molar-refractivity contribution is 5.00. The van der Waals surface area contributed by atoms with Crippen LogP contribution in [0.5, 0.6) is 0 Å². The molecule has 14 atom stereocenters. The van der Waals surface area contributed by atoms with Crippen LogP contribution in [0.1, 0.15) is 0 Å². The van der Waals surface area contributed by atoms with E-state index in [9.17, 15) is 56.2 Å². The lowest BCUT2D eigenvalue weighted by molar-refractivity contribution is -0.347. The molecule has 0 aromatic heterocycles. The van der Waals surface area contributed by atoms with E-state index in [2.05, 4.69) is 0 Å². The number of hydrogen-bond acceptors (Lipinski definition) is 15. The van der Waals surface area contributed by atoms with Crippen LogP contribution in [-0.2, 0) is 14.2 Å². The van der Waals surface area contributed by atoms with Crippen molar-refractivity contribution in [2.75, 3.05) is 26.4 Å². The van der Waals surface area contributed by atoms with Crippen LogP contribution < -0.4 is 0 Å². The lowest BCUT2D eigenvalue weighted by Gasteiger charge is -2.48. The summed E-state index contributed by atoms with van der Waals surface area (Å²) in [6.07, 6.45) is -22.5. The van der Waals surface area contributed by atoms with E-state index in [4.69, 9.17) is 19.3 Å². The minimum absolute atomic E-state index is 0.756. The van der Waals surface area contributed by atoms with Gasteiger partial charge in [-0.25, -0.2) is 0 Å². The van der Waals surface area contributed by atoms with Gasteiger partial charge in [-0.2, -0.15) is 0 Å². The summed E-state index contributed by atoms with van der Waals surface area (Å²) in [5, 5.41) is 119. The van der Waals surface area contributed by atoms with Crippen LogP contribution in [0.3, 0.4) is 0 Å². The third kappa shape index (κ3) is 5.97. The van der Waals surface area contributed by atoms with Crippen LogP contribution in [0.2, 0.25) is 0 Å². The topological polar surface area (TPSA) is 270 Å². The van der Waals surface area contributed by atoms with Gasteiger partial charge in [0.05, 0.1) is 44.7 Å². The number of rotatable bonds is 10. The number of aliphatic hydroxyl groups is 12. The lowest BCUT2D eigenvalue weighted by Crippen LogP contribution is -2.67. The minimum atomic E-state index is -1.95. The van der Waals surface area contributed by atoms with Crippen molar-refractivity contribution < 1.29 is 75.5 Å². The number of aliphatic hydroxyl groups excluding tert-OH is 12. The van der Waals surface area contributed by atoms with Gasteiger partial charge in [-0.3, -0.25) is 0 Å². The molecule has 2 unspecified atom stereocenters. The molecule has 0 saturated carbocycles. The molecule has 2 fully saturated rings. The summed E-state index contributed by atoms with van der Waals surface area (Å²) in [6.45, 7) is -3.50. The van der Waals surface area contributed by atoms with Gasteiger partial charge in [0, 0.05) is 5.92 Å². The molecule has 0 bridgehead atoms. The van der Waals surface area contributed by atoms with Crippen LogP contribution in [0.15, 0.2) is 0 Å². The van der Waals surface area contributed by atoms with Gasteiger partial charge in [-0.15, -0.1) is 0 Å². The fourth-order valence-corrected chi connectivity index (χ4v) is 4.06. The number of hydrogen-bond donors (Lipinski definition) is 12. The summed E-state index contributed by atoms with van der Waals surface area (Å²) in [4.78, 5) is 0. The molecule has 33 heavy (non-hydrogen) atoms. The van der Waals surface area contributed by atoms with Gasteiger partial charge in [-0.1, -0.05) is 0 Å². The van der Waals surface area contributed by atoms with Crippen molar-refractivity contribution in [2.24, 2.45) is 5.92 Å². The molecule has 15 heteroatoms. The van der Waals surface area contributed by atoms with Crippen molar-refractivity contribution in [3.05, 3.63) is 0 Å². The zero-order valence-electron chi connectivity index (χ0n) is 17.5. The molecule has 2 aliphatic rings. The van der Waals surface area contributed by atoms with Gasteiger partial charge in [0.2, 0.25) is 0 Å². The van der Waals surface area contributed by atoms with Gasteiger partial charge < -0.3 is 75.5 Å². The Morgan fingerprint density at radius 1 is 0.636 bits per heavy atom. The lowest BCUT2D eigenvalue weighted by atomic mass is 9.80. The van der Waals surface area contributed by atoms with Crippen molar-refractivity contribution in [3.63, 3.8) is 0 Å². The third-order valence-corrected chi connectivity index (χ3v) is 6.03. The second-order valence-electron chi connectivity index (χ2n) is 8.17. The Morgan fingerprint density at radius 3 is 1.73 bits per heavy atom. The van der Waals surface area contributed by atoms with Crippen LogP contribution in [0.25, 0.3) is 0 Å².